The van der Waals surface area contributed by atoms with Crippen molar-refractivity contribution in [2.45, 2.75) is 46.1 Å². The van der Waals surface area contributed by atoms with Crippen LogP contribution < -0.4 is 5.73 Å². The van der Waals surface area contributed by atoms with Gasteiger partial charge < -0.3 is 5.73 Å². The molecule has 74 valence electrons. The molecule has 1 fully saturated rings. The molecule has 2 rings (SSSR count). The van der Waals surface area contributed by atoms with Crippen LogP contribution >= 0.6 is 0 Å². The van der Waals surface area contributed by atoms with E-state index in [2.05, 4.69) is 19.1 Å². The Balaban J connectivity index is 0.000000396. The van der Waals surface area contributed by atoms with Crippen LogP contribution in [0, 0.1) is 5.92 Å². The van der Waals surface area contributed by atoms with Gasteiger partial charge in [0, 0.05) is 6.04 Å². The lowest BCUT2D eigenvalue weighted by atomic mass is 10.1. The molecule has 2 N–H and O–H groups in total. The Kier molecular flexibility index (Phi) is 3.73. The highest BCUT2D eigenvalue weighted by Gasteiger charge is 2.27. The van der Waals surface area contributed by atoms with E-state index in [1.165, 1.54) is 24.8 Å². The molecular formula is C12H21N. The van der Waals surface area contributed by atoms with Gasteiger partial charge >= 0.3 is 0 Å². The highest BCUT2D eigenvalue weighted by Crippen LogP contribution is 2.41. The number of hydrogen-bond acceptors (Lipinski definition) is 1. The molecule has 0 aliphatic heterocycles. The fraction of sp³-hybridized carbons (Fsp3) is 0.667. The summed E-state index contributed by atoms with van der Waals surface area (Å²) < 4.78 is 0. The molecule has 0 amide bonds. The van der Waals surface area contributed by atoms with Crippen molar-refractivity contribution in [1.29, 1.82) is 0 Å². The maximum absolute atomic E-state index is 5.77. The van der Waals surface area contributed by atoms with Crippen LogP contribution in [0.4, 0.5) is 0 Å². The third-order valence-electron chi connectivity index (χ3n) is 2.55. The lowest BCUT2D eigenvalue weighted by Crippen LogP contribution is -2.15. The minimum Gasteiger partial charge on any atom is -0.324 e. The summed E-state index contributed by atoms with van der Waals surface area (Å²) in [4.78, 5) is 0. The molecule has 0 heterocycles. The molecule has 0 aromatic carbocycles. The first-order valence-electron chi connectivity index (χ1n) is 5.43. The Morgan fingerprint density at radius 1 is 1.38 bits per heavy atom. The van der Waals surface area contributed by atoms with Gasteiger partial charge in [-0.15, -0.1) is 0 Å². The lowest BCUT2D eigenvalue weighted by Gasteiger charge is -2.01. The monoisotopic (exact) mass is 179 g/mol. The minimum atomic E-state index is 0.228. The summed E-state index contributed by atoms with van der Waals surface area (Å²) in [6.45, 7) is 6.05. The van der Waals surface area contributed by atoms with E-state index in [0.717, 1.165) is 5.92 Å². The van der Waals surface area contributed by atoms with Gasteiger partial charge in [-0.05, 0) is 37.7 Å². The molecule has 1 atom stereocenters. The van der Waals surface area contributed by atoms with Crippen molar-refractivity contribution in [2.75, 3.05) is 0 Å². The van der Waals surface area contributed by atoms with Crippen molar-refractivity contribution >= 4 is 0 Å². The summed E-state index contributed by atoms with van der Waals surface area (Å²) in [5.74, 6) is 0.919. The summed E-state index contributed by atoms with van der Waals surface area (Å²) >= 11 is 0. The number of nitrogens with two attached hydrogens (primary N) is 1. The first kappa shape index (κ1) is 10.5. The Morgan fingerprint density at radius 2 is 2.00 bits per heavy atom. The van der Waals surface area contributed by atoms with Crippen LogP contribution in [0.15, 0.2) is 23.3 Å². The molecule has 0 radical (unpaired) electrons. The summed E-state index contributed by atoms with van der Waals surface area (Å²) in [5, 5.41) is 0. The average molecular weight is 179 g/mol. The lowest BCUT2D eigenvalue weighted by molar-refractivity contribution is 0.886. The molecule has 2 aliphatic carbocycles. The van der Waals surface area contributed by atoms with Crippen LogP contribution in [0.3, 0.4) is 0 Å². The molecule has 0 spiro atoms. The first-order chi connectivity index (χ1) is 6.27. The van der Waals surface area contributed by atoms with Crippen LogP contribution in [0.5, 0.6) is 0 Å². The summed E-state index contributed by atoms with van der Waals surface area (Å²) in [6.07, 6.45) is 8.57. The molecule has 0 aromatic heterocycles. The zero-order valence-corrected chi connectivity index (χ0v) is 9.01. The van der Waals surface area contributed by atoms with Gasteiger partial charge in [-0.25, -0.2) is 0 Å². The van der Waals surface area contributed by atoms with Crippen LogP contribution in [0.2, 0.25) is 0 Å². The quantitative estimate of drug-likeness (QED) is 0.692. The third-order valence-corrected chi connectivity index (χ3v) is 2.55. The van der Waals surface area contributed by atoms with E-state index in [4.69, 9.17) is 5.73 Å². The largest absolute Gasteiger partial charge is 0.324 e. The zero-order valence-electron chi connectivity index (χ0n) is 9.01. The molecule has 2 aliphatic rings. The van der Waals surface area contributed by atoms with Gasteiger partial charge in [-0.3, -0.25) is 0 Å². The van der Waals surface area contributed by atoms with E-state index in [1.807, 2.05) is 13.8 Å². The second-order valence-electron chi connectivity index (χ2n) is 3.69. The maximum Gasteiger partial charge on any atom is 0.0262 e. The predicted octanol–water partition coefficient (Wildman–Crippen LogP) is 3.03. The van der Waals surface area contributed by atoms with Crippen molar-refractivity contribution in [1.82, 2.24) is 0 Å². The molecule has 1 saturated carbocycles. The topological polar surface area (TPSA) is 26.0 Å². The highest BCUT2D eigenvalue weighted by atomic mass is 14.6. The van der Waals surface area contributed by atoms with Crippen molar-refractivity contribution in [3.8, 4) is 0 Å². The van der Waals surface area contributed by atoms with Crippen molar-refractivity contribution in [3.63, 3.8) is 0 Å². The second kappa shape index (κ2) is 4.61. The summed E-state index contributed by atoms with van der Waals surface area (Å²) in [6, 6.07) is 0.228. The van der Waals surface area contributed by atoms with E-state index in [1.54, 1.807) is 5.57 Å². The highest BCUT2D eigenvalue weighted by molar-refractivity contribution is 5.37. The van der Waals surface area contributed by atoms with Crippen molar-refractivity contribution in [2.24, 2.45) is 11.7 Å². The Hall–Kier alpha value is -0.560. The van der Waals surface area contributed by atoms with E-state index in [0.29, 0.717) is 0 Å². The Bertz CT molecular complexity index is 219. The van der Waals surface area contributed by atoms with Gasteiger partial charge in [0.05, 0.1) is 0 Å². The molecule has 1 nitrogen and oxygen atoms in total. The molecule has 0 bridgehead atoms. The van der Waals surface area contributed by atoms with Crippen LogP contribution in [-0.4, -0.2) is 6.04 Å². The van der Waals surface area contributed by atoms with E-state index in [9.17, 15) is 0 Å². The van der Waals surface area contributed by atoms with Crippen LogP contribution in [-0.2, 0) is 0 Å². The molecule has 0 saturated heterocycles. The normalized spacial score (nSPS) is 22.8. The standard InChI is InChI=1S/C10H15N.C2H6/c1-7(11)9-4-5-10(6-9)8-2-3-8;1-2/h4,6-8H,2-3,5,11H2,1H3;1-2H3/t7-;/m0./s1. The predicted molar refractivity (Wildman–Crippen MR) is 58.5 cm³/mol. The van der Waals surface area contributed by atoms with Crippen LogP contribution in [0.1, 0.15) is 40.0 Å². The third kappa shape index (κ3) is 2.70. The van der Waals surface area contributed by atoms with Crippen molar-refractivity contribution < 1.29 is 0 Å². The fourth-order valence-electron chi connectivity index (χ4n) is 1.62. The second-order valence-corrected chi connectivity index (χ2v) is 3.69. The Labute approximate surface area is 81.7 Å². The first-order valence-corrected chi connectivity index (χ1v) is 5.43. The summed E-state index contributed by atoms with van der Waals surface area (Å²) in [5.41, 5.74) is 8.73. The smallest absolute Gasteiger partial charge is 0.0262 e. The van der Waals surface area contributed by atoms with E-state index < -0.39 is 0 Å². The van der Waals surface area contributed by atoms with Gasteiger partial charge in [0.25, 0.3) is 0 Å². The van der Waals surface area contributed by atoms with Gasteiger partial charge in [0.2, 0.25) is 0 Å². The molecule has 0 unspecified atom stereocenters. The number of rotatable bonds is 2. The van der Waals surface area contributed by atoms with Gasteiger partial charge in [0.1, 0.15) is 0 Å². The average Bonchev–Trinajstić information content (AvgIpc) is 2.87. The SMILES string of the molecule is CC.C[C@H](N)C1=CCC(C2CC2)=C1. The Morgan fingerprint density at radius 3 is 2.38 bits per heavy atom. The molecule has 13 heavy (non-hydrogen) atoms. The molecule has 0 aromatic rings. The summed E-state index contributed by atoms with van der Waals surface area (Å²) in [7, 11) is 0. The van der Waals surface area contributed by atoms with E-state index >= 15 is 0 Å². The molecule has 1 heteroatoms. The van der Waals surface area contributed by atoms with Gasteiger partial charge in [-0.2, -0.15) is 0 Å². The van der Waals surface area contributed by atoms with Crippen molar-refractivity contribution in [3.05, 3.63) is 23.3 Å². The maximum atomic E-state index is 5.77. The van der Waals surface area contributed by atoms with Gasteiger partial charge in [0.15, 0.2) is 0 Å². The van der Waals surface area contributed by atoms with Gasteiger partial charge in [-0.1, -0.05) is 31.6 Å². The van der Waals surface area contributed by atoms with E-state index in [-0.39, 0.29) is 6.04 Å². The minimum absolute atomic E-state index is 0.228. The fourth-order valence-corrected chi connectivity index (χ4v) is 1.62. The number of allylic oxidation sites excluding steroid dienone is 2. The molecular weight excluding hydrogens is 158 g/mol. The zero-order chi connectivity index (χ0) is 9.84. The number of hydrogen-bond donors (Lipinski definition) is 1. The van der Waals surface area contributed by atoms with Crippen LogP contribution in [0.25, 0.3) is 0 Å².